The number of benzene rings is 1. The van der Waals surface area contributed by atoms with Crippen LogP contribution in [0.5, 0.6) is 0 Å². The fraction of sp³-hybridized carbons (Fsp3) is 0.333. The van der Waals surface area contributed by atoms with Crippen molar-refractivity contribution in [2.45, 2.75) is 38.5 Å². The number of imide groups is 1. The van der Waals surface area contributed by atoms with Gasteiger partial charge in [-0.15, -0.1) is 0 Å². The fourth-order valence-electron chi connectivity index (χ4n) is 3.49. The molecule has 0 bridgehead atoms. The van der Waals surface area contributed by atoms with Crippen molar-refractivity contribution in [1.82, 2.24) is 20.4 Å². The number of nitrogens with two attached hydrogens (primary N) is 1. The maximum atomic E-state index is 12.7. The predicted octanol–water partition coefficient (Wildman–Crippen LogP) is 0.242. The van der Waals surface area contributed by atoms with Crippen molar-refractivity contribution < 1.29 is 14.4 Å². The average Bonchev–Trinajstić information content (AvgIpc) is 3.24. The summed E-state index contributed by atoms with van der Waals surface area (Å²) in [6.45, 7) is 1.31. The third-order valence-electron chi connectivity index (χ3n) is 4.91. The van der Waals surface area contributed by atoms with Crippen molar-refractivity contribution in [3.8, 4) is 0 Å². The average molecular weight is 368 g/mol. The monoisotopic (exact) mass is 368 g/mol. The summed E-state index contributed by atoms with van der Waals surface area (Å²) >= 11 is 0. The Hall–Kier alpha value is -3.20. The van der Waals surface area contributed by atoms with E-state index >= 15 is 0 Å². The Kier molecular flexibility index (Phi) is 4.36. The standard InChI is InChI=1S/C18H20N6O3/c19-7-12-6-15(23-22-12)20-8-10-1-2-13-11(5-10)9-24(18(13)27)14-3-4-16(25)21-17(14)26/h1-2,5-6,14H,3-4,7-9,19H2,(H2,20,22,23)(H,21,25,26). The zero-order valence-corrected chi connectivity index (χ0v) is 14.6. The number of amides is 3. The number of hydrogen-bond donors (Lipinski definition) is 4. The molecule has 3 heterocycles. The minimum atomic E-state index is -0.595. The van der Waals surface area contributed by atoms with Gasteiger partial charge in [-0.05, 0) is 23.6 Å². The molecule has 4 rings (SSSR count). The number of nitrogens with zero attached hydrogens (tertiary/aromatic N) is 2. The first kappa shape index (κ1) is 17.2. The Morgan fingerprint density at radius 2 is 2.11 bits per heavy atom. The molecule has 1 atom stereocenters. The lowest BCUT2D eigenvalue weighted by molar-refractivity contribution is -0.136. The van der Waals surface area contributed by atoms with Crippen molar-refractivity contribution in [2.24, 2.45) is 5.73 Å². The first-order valence-electron chi connectivity index (χ1n) is 8.80. The van der Waals surface area contributed by atoms with Gasteiger partial charge in [0, 0.05) is 37.7 Å². The largest absolute Gasteiger partial charge is 0.365 e. The van der Waals surface area contributed by atoms with Gasteiger partial charge in [0.1, 0.15) is 11.9 Å². The number of aromatic nitrogens is 2. The molecule has 1 fully saturated rings. The number of rotatable bonds is 5. The molecular formula is C18H20N6O3. The van der Waals surface area contributed by atoms with Gasteiger partial charge in [-0.2, -0.15) is 5.10 Å². The SMILES string of the molecule is NCc1cc(NCc2ccc3c(c2)CN(C2CCC(=O)NC2=O)C3=O)n[nH]1. The quantitative estimate of drug-likeness (QED) is 0.559. The molecule has 0 spiro atoms. The number of aromatic amines is 1. The number of H-pyrrole nitrogens is 1. The van der Waals surface area contributed by atoms with E-state index in [1.54, 1.807) is 11.0 Å². The van der Waals surface area contributed by atoms with Crippen LogP contribution in [-0.2, 0) is 29.2 Å². The van der Waals surface area contributed by atoms with Gasteiger partial charge in [-0.1, -0.05) is 12.1 Å². The maximum absolute atomic E-state index is 12.7. The lowest BCUT2D eigenvalue weighted by Gasteiger charge is -2.29. The minimum Gasteiger partial charge on any atom is -0.365 e. The molecule has 140 valence electrons. The topological polar surface area (TPSA) is 133 Å². The van der Waals surface area contributed by atoms with Crippen LogP contribution in [0.4, 0.5) is 5.82 Å². The molecule has 27 heavy (non-hydrogen) atoms. The van der Waals surface area contributed by atoms with E-state index in [1.807, 2.05) is 18.2 Å². The molecule has 2 aliphatic heterocycles. The maximum Gasteiger partial charge on any atom is 0.255 e. The number of nitrogens with one attached hydrogen (secondary N) is 3. The zero-order chi connectivity index (χ0) is 19.0. The molecule has 0 radical (unpaired) electrons. The van der Waals surface area contributed by atoms with Crippen molar-refractivity contribution in [3.05, 3.63) is 46.6 Å². The third kappa shape index (κ3) is 3.28. The number of anilines is 1. The Balaban J connectivity index is 1.45. The molecule has 1 aromatic heterocycles. The van der Waals surface area contributed by atoms with E-state index in [9.17, 15) is 14.4 Å². The van der Waals surface area contributed by atoms with E-state index in [4.69, 9.17) is 5.73 Å². The molecule has 9 heteroatoms. The van der Waals surface area contributed by atoms with E-state index in [2.05, 4.69) is 20.8 Å². The Morgan fingerprint density at radius 1 is 1.26 bits per heavy atom. The van der Waals surface area contributed by atoms with Crippen molar-refractivity contribution >= 4 is 23.5 Å². The smallest absolute Gasteiger partial charge is 0.255 e. The zero-order valence-electron chi connectivity index (χ0n) is 14.6. The molecule has 1 aromatic carbocycles. The molecule has 5 N–H and O–H groups in total. The number of piperidine rings is 1. The lowest BCUT2D eigenvalue weighted by Crippen LogP contribution is -2.52. The van der Waals surface area contributed by atoms with Gasteiger partial charge in [0.15, 0.2) is 0 Å². The highest BCUT2D eigenvalue weighted by atomic mass is 16.2. The van der Waals surface area contributed by atoms with Crippen LogP contribution >= 0.6 is 0 Å². The van der Waals surface area contributed by atoms with Crippen LogP contribution in [0.15, 0.2) is 24.3 Å². The van der Waals surface area contributed by atoms with Gasteiger partial charge in [0.2, 0.25) is 11.8 Å². The van der Waals surface area contributed by atoms with E-state index in [0.717, 1.165) is 16.8 Å². The molecule has 2 aliphatic rings. The highest BCUT2D eigenvalue weighted by Crippen LogP contribution is 2.28. The molecule has 1 saturated heterocycles. The van der Waals surface area contributed by atoms with Gasteiger partial charge in [-0.25, -0.2) is 0 Å². The molecular weight excluding hydrogens is 348 g/mol. The van der Waals surface area contributed by atoms with Gasteiger partial charge in [0.25, 0.3) is 5.91 Å². The highest BCUT2D eigenvalue weighted by molar-refractivity contribution is 6.05. The third-order valence-corrected chi connectivity index (χ3v) is 4.91. The first-order chi connectivity index (χ1) is 13.0. The van der Waals surface area contributed by atoms with E-state index in [-0.39, 0.29) is 18.2 Å². The van der Waals surface area contributed by atoms with Crippen LogP contribution in [0.1, 0.15) is 40.0 Å². The normalized spacial score (nSPS) is 19.2. The summed E-state index contributed by atoms with van der Waals surface area (Å²) in [4.78, 5) is 37.6. The van der Waals surface area contributed by atoms with Gasteiger partial charge in [0.05, 0.1) is 5.69 Å². The second-order valence-electron chi connectivity index (χ2n) is 6.73. The summed E-state index contributed by atoms with van der Waals surface area (Å²) in [5, 5.41) is 12.5. The second kappa shape index (κ2) is 6.84. The van der Waals surface area contributed by atoms with Crippen molar-refractivity contribution in [2.75, 3.05) is 5.32 Å². The molecule has 2 aromatic rings. The van der Waals surface area contributed by atoms with Crippen LogP contribution in [0.2, 0.25) is 0 Å². The summed E-state index contributed by atoms with van der Waals surface area (Å²) in [6.07, 6.45) is 0.613. The number of carbonyl (C=O) groups is 3. The Morgan fingerprint density at radius 3 is 2.85 bits per heavy atom. The van der Waals surface area contributed by atoms with Crippen molar-refractivity contribution in [1.29, 1.82) is 0 Å². The number of carbonyl (C=O) groups excluding carboxylic acids is 3. The van der Waals surface area contributed by atoms with E-state index < -0.39 is 11.9 Å². The highest BCUT2D eigenvalue weighted by Gasteiger charge is 2.38. The Bertz CT molecular complexity index is 922. The fourth-order valence-corrected chi connectivity index (χ4v) is 3.49. The minimum absolute atomic E-state index is 0.168. The summed E-state index contributed by atoms with van der Waals surface area (Å²) in [6, 6.07) is 6.89. The molecule has 3 amide bonds. The molecule has 0 aliphatic carbocycles. The van der Waals surface area contributed by atoms with Crippen LogP contribution in [0, 0.1) is 0 Å². The van der Waals surface area contributed by atoms with Gasteiger partial charge < -0.3 is 16.0 Å². The van der Waals surface area contributed by atoms with E-state index in [0.29, 0.717) is 37.4 Å². The first-order valence-corrected chi connectivity index (χ1v) is 8.80. The number of hydrogen-bond acceptors (Lipinski definition) is 6. The Labute approximate surface area is 155 Å². The van der Waals surface area contributed by atoms with Crippen molar-refractivity contribution in [3.63, 3.8) is 0 Å². The predicted molar refractivity (Wildman–Crippen MR) is 96.3 cm³/mol. The van der Waals surface area contributed by atoms with Crippen LogP contribution < -0.4 is 16.4 Å². The van der Waals surface area contributed by atoms with Crippen LogP contribution in [0.25, 0.3) is 0 Å². The van der Waals surface area contributed by atoms with Gasteiger partial charge >= 0.3 is 0 Å². The molecule has 9 nitrogen and oxygen atoms in total. The second-order valence-corrected chi connectivity index (χ2v) is 6.73. The lowest BCUT2D eigenvalue weighted by atomic mass is 10.0. The van der Waals surface area contributed by atoms with Gasteiger partial charge in [-0.3, -0.25) is 24.8 Å². The number of fused-ring (bicyclic) bond motifs is 1. The van der Waals surface area contributed by atoms with Crippen LogP contribution in [-0.4, -0.2) is 38.9 Å². The van der Waals surface area contributed by atoms with E-state index in [1.165, 1.54) is 0 Å². The molecule has 0 saturated carbocycles. The molecule has 1 unspecified atom stereocenters. The van der Waals surface area contributed by atoms with Crippen LogP contribution in [0.3, 0.4) is 0 Å². The summed E-state index contributed by atoms with van der Waals surface area (Å²) in [5.41, 5.74) is 8.89. The summed E-state index contributed by atoms with van der Waals surface area (Å²) in [5.74, 6) is -0.149. The summed E-state index contributed by atoms with van der Waals surface area (Å²) in [7, 11) is 0. The summed E-state index contributed by atoms with van der Waals surface area (Å²) < 4.78 is 0.